The molecule has 1 fully saturated rings. The Morgan fingerprint density at radius 3 is 2.67 bits per heavy atom. The molecule has 1 aliphatic rings. The zero-order chi connectivity index (χ0) is 16.9. The number of hydrogen-bond donors (Lipinski definition) is 0. The van der Waals surface area contributed by atoms with Crippen molar-refractivity contribution in [1.29, 1.82) is 0 Å². The smallest absolute Gasteiger partial charge is 0.118 e. The maximum atomic E-state index is 5.85. The van der Waals surface area contributed by atoms with Gasteiger partial charge in [-0.15, -0.1) is 0 Å². The van der Waals surface area contributed by atoms with Gasteiger partial charge in [-0.2, -0.15) is 5.10 Å². The molecule has 1 aliphatic heterocycles. The predicted octanol–water partition coefficient (Wildman–Crippen LogP) is 2.92. The largest absolute Gasteiger partial charge is 0.497 e. The fourth-order valence-electron chi connectivity index (χ4n) is 3.19. The van der Waals surface area contributed by atoms with Crippen LogP contribution in [0.2, 0.25) is 0 Å². The first-order valence-corrected chi connectivity index (χ1v) is 8.60. The summed E-state index contributed by atoms with van der Waals surface area (Å²) in [6.45, 7) is 5.77. The molecule has 0 saturated carbocycles. The Balaban J connectivity index is 1.71. The minimum Gasteiger partial charge on any atom is -0.497 e. The van der Waals surface area contributed by atoms with Gasteiger partial charge in [0.25, 0.3) is 0 Å². The quantitative estimate of drug-likeness (QED) is 0.783. The SMILES string of the molecule is COc1ccc(CN(Cc2cnn(C)c2C)CC2CCCO2)cc1. The van der Waals surface area contributed by atoms with Crippen LogP contribution in [0.5, 0.6) is 5.75 Å². The molecule has 1 unspecified atom stereocenters. The van der Waals surface area contributed by atoms with Crippen LogP contribution in [0.3, 0.4) is 0 Å². The number of rotatable bonds is 7. The molecule has 1 aromatic carbocycles. The summed E-state index contributed by atoms with van der Waals surface area (Å²) in [4.78, 5) is 2.46. The van der Waals surface area contributed by atoms with Crippen LogP contribution in [0.4, 0.5) is 0 Å². The van der Waals surface area contributed by atoms with Gasteiger partial charge in [0.1, 0.15) is 5.75 Å². The first-order valence-electron chi connectivity index (χ1n) is 8.60. The van der Waals surface area contributed by atoms with Crippen LogP contribution >= 0.6 is 0 Å². The maximum Gasteiger partial charge on any atom is 0.118 e. The van der Waals surface area contributed by atoms with Crippen LogP contribution in [0.15, 0.2) is 30.5 Å². The van der Waals surface area contributed by atoms with Crippen molar-refractivity contribution in [3.63, 3.8) is 0 Å². The fraction of sp³-hybridized carbons (Fsp3) is 0.526. The Hall–Kier alpha value is -1.85. The second-order valence-corrected chi connectivity index (χ2v) is 6.53. The highest BCUT2D eigenvalue weighted by Gasteiger charge is 2.20. The van der Waals surface area contributed by atoms with E-state index in [1.54, 1.807) is 7.11 Å². The summed E-state index contributed by atoms with van der Waals surface area (Å²) >= 11 is 0. The number of aromatic nitrogens is 2. The molecule has 0 N–H and O–H groups in total. The van der Waals surface area contributed by atoms with Crippen LogP contribution in [0, 0.1) is 6.92 Å². The van der Waals surface area contributed by atoms with Gasteiger partial charge in [0.2, 0.25) is 0 Å². The van der Waals surface area contributed by atoms with Gasteiger partial charge < -0.3 is 9.47 Å². The lowest BCUT2D eigenvalue weighted by molar-refractivity contribution is 0.0678. The summed E-state index contributed by atoms with van der Waals surface area (Å²) < 4.78 is 13.0. The molecule has 3 rings (SSSR count). The van der Waals surface area contributed by atoms with E-state index in [4.69, 9.17) is 9.47 Å². The number of ether oxygens (including phenoxy) is 2. The van der Waals surface area contributed by atoms with Crippen molar-refractivity contribution >= 4 is 0 Å². The standard InChI is InChI=1S/C19H27N3O2/c1-15-17(11-20-21(15)2)13-22(14-19-5-4-10-24-19)12-16-6-8-18(23-3)9-7-16/h6-9,11,19H,4-5,10,12-14H2,1-3H3. The Labute approximate surface area is 144 Å². The van der Waals surface area contributed by atoms with Gasteiger partial charge in [0, 0.05) is 44.5 Å². The molecule has 5 heteroatoms. The normalized spacial score (nSPS) is 17.6. The summed E-state index contributed by atoms with van der Waals surface area (Å²) in [6, 6.07) is 8.32. The molecule has 5 nitrogen and oxygen atoms in total. The van der Waals surface area contributed by atoms with E-state index in [9.17, 15) is 0 Å². The van der Waals surface area contributed by atoms with Gasteiger partial charge in [0.15, 0.2) is 0 Å². The van der Waals surface area contributed by atoms with Crippen molar-refractivity contribution in [3.05, 3.63) is 47.3 Å². The number of aryl methyl sites for hydroxylation is 1. The Bertz CT molecular complexity index is 645. The molecule has 0 amide bonds. The first-order chi connectivity index (χ1) is 11.7. The summed E-state index contributed by atoms with van der Waals surface area (Å²) in [5.74, 6) is 0.896. The van der Waals surface area contributed by atoms with Crippen LogP contribution < -0.4 is 4.74 Å². The molecule has 24 heavy (non-hydrogen) atoms. The second kappa shape index (κ2) is 7.81. The van der Waals surface area contributed by atoms with Gasteiger partial charge in [-0.25, -0.2) is 0 Å². The molecule has 0 spiro atoms. The molecule has 1 atom stereocenters. The van der Waals surface area contributed by atoms with Crippen molar-refractivity contribution in [2.45, 2.75) is 39.0 Å². The van der Waals surface area contributed by atoms with Gasteiger partial charge >= 0.3 is 0 Å². The van der Waals surface area contributed by atoms with Crippen molar-refractivity contribution in [1.82, 2.24) is 14.7 Å². The Morgan fingerprint density at radius 1 is 1.29 bits per heavy atom. The second-order valence-electron chi connectivity index (χ2n) is 6.53. The van der Waals surface area contributed by atoms with Gasteiger partial charge in [-0.05, 0) is 37.5 Å². The third-order valence-electron chi connectivity index (χ3n) is 4.78. The van der Waals surface area contributed by atoms with Gasteiger partial charge in [0.05, 0.1) is 19.4 Å². The van der Waals surface area contributed by atoms with Gasteiger partial charge in [-0.3, -0.25) is 9.58 Å². The van der Waals surface area contributed by atoms with E-state index < -0.39 is 0 Å². The zero-order valence-corrected chi connectivity index (χ0v) is 14.9. The average Bonchev–Trinajstić information content (AvgIpc) is 3.21. The van der Waals surface area contributed by atoms with Crippen LogP contribution in [0.1, 0.15) is 29.7 Å². The number of benzene rings is 1. The maximum absolute atomic E-state index is 5.85. The minimum atomic E-state index is 0.347. The summed E-state index contributed by atoms with van der Waals surface area (Å²) in [6.07, 6.45) is 4.66. The predicted molar refractivity (Wildman–Crippen MR) is 94.0 cm³/mol. The zero-order valence-electron chi connectivity index (χ0n) is 14.9. The highest BCUT2D eigenvalue weighted by atomic mass is 16.5. The summed E-state index contributed by atoms with van der Waals surface area (Å²) in [7, 11) is 3.69. The summed E-state index contributed by atoms with van der Waals surface area (Å²) in [5.41, 5.74) is 3.79. The van der Waals surface area contributed by atoms with Crippen molar-refractivity contribution in [2.24, 2.45) is 7.05 Å². The molecule has 1 aromatic heterocycles. The first kappa shape index (κ1) is 17.0. The monoisotopic (exact) mass is 329 g/mol. The fourth-order valence-corrected chi connectivity index (χ4v) is 3.19. The van der Waals surface area contributed by atoms with Crippen LogP contribution in [0.25, 0.3) is 0 Å². The number of hydrogen-bond acceptors (Lipinski definition) is 4. The van der Waals surface area contributed by atoms with E-state index in [2.05, 4.69) is 29.1 Å². The van der Waals surface area contributed by atoms with Crippen LogP contribution in [-0.4, -0.2) is 41.0 Å². The van der Waals surface area contributed by atoms with E-state index >= 15 is 0 Å². The van der Waals surface area contributed by atoms with E-state index in [1.807, 2.05) is 30.1 Å². The van der Waals surface area contributed by atoms with Crippen molar-refractivity contribution < 1.29 is 9.47 Å². The van der Waals surface area contributed by atoms with E-state index in [0.29, 0.717) is 6.10 Å². The Morgan fingerprint density at radius 2 is 2.08 bits per heavy atom. The number of methoxy groups -OCH3 is 1. The van der Waals surface area contributed by atoms with Crippen molar-refractivity contribution in [2.75, 3.05) is 20.3 Å². The molecule has 2 heterocycles. The molecule has 0 bridgehead atoms. The van der Waals surface area contributed by atoms with E-state index in [-0.39, 0.29) is 0 Å². The highest BCUT2D eigenvalue weighted by molar-refractivity contribution is 5.27. The molecule has 2 aromatic rings. The van der Waals surface area contributed by atoms with Crippen molar-refractivity contribution in [3.8, 4) is 5.75 Å². The highest BCUT2D eigenvalue weighted by Crippen LogP contribution is 2.19. The molecule has 0 radical (unpaired) electrons. The summed E-state index contributed by atoms with van der Waals surface area (Å²) in [5, 5.41) is 4.37. The molecule has 1 saturated heterocycles. The lowest BCUT2D eigenvalue weighted by Crippen LogP contribution is -2.31. The molecule has 0 aliphatic carbocycles. The third kappa shape index (κ3) is 4.16. The Kier molecular flexibility index (Phi) is 5.53. The third-order valence-corrected chi connectivity index (χ3v) is 4.78. The van der Waals surface area contributed by atoms with E-state index in [0.717, 1.165) is 38.4 Å². The number of nitrogens with zero attached hydrogens (tertiary/aromatic N) is 3. The van der Waals surface area contributed by atoms with Crippen LogP contribution in [-0.2, 0) is 24.9 Å². The lowest BCUT2D eigenvalue weighted by Gasteiger charge is -2.25. The van der Waals surface area contributed by atoms with E-state index in [1.165, 1.54) is 23.2 Å². The lowest BCUT2D eigenvalue weighted by atomic mass is 10.1. The van der Waals surface area contributed by atoms with Gasteiger partial charge in [-0.1, -0.05) is 12.1 Å². The molecular formula is C19H27N3O2. The molecule has 130 valence electrons. The minimum absolute atomic E-state index is 0.347. The topological polar surface area (TPSA) is 39.5 Å². The molecular weight excluding hydrogens is 302 g/mol. The average molecular weight is 329 g/mol.